The van der Waals surface area contributed by atoms with Crippen molar-refractivity contribution in [3.63, 3.8) is 0 Å². The van der Waals surface area contributed by atoms with Crippen LogP contribution in [0.15, 0.2) is 54.6 Å². The van der Waals surface area contributed by atoms with E-state index in [0.717, 1.165) is 11.3 Å². The van der Waals surface area contributed by atoms with Crippen LogP contribution in [-0.4, -0.2) is 32.1 Å². The summed E-state index contributed by atoms with van der Waals surface area (Å²) in [5, 5.41) is 2.80. The van der Waals surface area contributed by atoms with E-state index in [1.54, 1.807) is 19.1 Å². The van der Waals surface area contributed by atoms with Crippen LogP contribution < -0.4 is 15.8 Å². The van der Waals surface area contributed by atoms with Crippen LogP contribution >= 0.6 is 0 Å². The molecule has 2 atom stereocenters. The normalized spacial score (nSPS) is 13.9. The van der Waals surface area contributed by atoms with Crippen LogP contribution in [-0.2, 0) is 26.3 Å². The molecule has 150 valence electrons. The summed E-state index contributed by atoms with van der Waals surface area (Å²) in [7, 11) is 1.34. The third kappa shape index (κ3) is 5.57. The van der Waals surface area contributed by atoms with Gasteiger partial charge in [0.1, 0.15) is 11.3 Å². The van der Waals surface area contributed by atoms with Crippen molar-refractivity contribution in [1.82, 2.24) is 5.32 Å². The first kappa shape index (κ1) is 21.4. The molecule has 0 aliphatic carbocycles. The zero-order chi connectivity index (χ0) is 20.6. The van der Waals surface area contributed by atoms with Crippen LogP contribution in [0.4, 0.5) is 0 Å². The lowest BCUT2D eigenvalue weighted by Gasteiger charge is -2.25. The Labute approximate surface area is 166 Å². The maximum Gasteiger partial charge on any atom is 0.310 e. The number of amides is 1. The number of hydrogen-bond donors (Lipinski definition) is 2. The fourth-order valence-corrected chi connectivity index (χ4v) is 2.89. The molecule has 0 aromatic heterocycles. The van der Waals surface area contributed by atoms with E-state index in [1.807, 2.05) is 49.4 Å². The second-order valence-electron chi connectivity index (χ2n) is 6.78. The summed E-state index contributed by atoms with van der Waals surface area (Å²) >= 11 is 0. The number of ether oxygens (including phenoxy) is 2. The Balaban J connectivity index is 2.04. The van der Waals surface area contributed by atoms with Crippen LogP contribution in [0, 0.1) is 5.92 Å². The second-order valence-corrected chi connectivity index (χ2v) is 6.78. The van der Waals surface area contributed by atoms with Gasteiger partial charge in [0.15, 0.2) is 0 Å². The molecule has 2 rings (SSSR count). The third-order valence-corrected chi connectivity index (χ3v) is 4.61. The maximum atomic E-state index is 12.6. The highest BCUT2D eigenvalue weighted by Crippen LogP contribution is 2.19. The predicted octanol–water partition coefficient (Wildman–Crippen LogP) is 2.41. The van der Waals surface area contributed by atoms with Gasteiger partial charge in [-0.05, 0) is 43.5 Å². The lowest BCUT2D eigenvalue weighted by molar-refractivity contribution is -0.145. The molecule has 0 radical (unpaired) electrons. The Bertz CT molecular complexity index is 773. The average Bonchev–Trinajstić information content (AvgIpc) is 2.72. The van der Waals surface area contributed by atoms with Crippen LogP contribution in [0.2, 0.25) is 0 Å². The van der Waals surface area contributed by atoms with E-state index < -0.39 is 11.5 Å². The SMILES string of the molecule is CCOc1ccc(CC(CNC(=O)C(C)(N)c2ccccc2)C(=O)OC)cc1. The van der Waals surface area contributed by atoms with Crippen molar-refractivity contribution < 1.29 is 19.1 Å². The Hall–Kier alpha value is -2.86. The Morgan fingerprint density at radius 3 is 2.32 bits per heavy atom. The van der Waals surface area contributed by atoms with Crippen molar-refractivity contribution in [2.45, 2.75) is 25.8 Å². The molecule has 0 saturated carbocycles. The number of nitrogens with two attached hydrogens (primary N) is 1. The summed E-state index contributed by atoms with van der Waals surface area (Å²) in [5.74, 6) is -0.471. The van der Waals surface area contributed by atoms with E-state index >= 15 is 0 Å². The van der Waals surface area contributed by atoms with Crippen LogP contribution in [0.3, 0.4) is 0 Å². The second kappa shape index (κ2) is 9.90. The number of esters is 1. The molecule has 0 spiro atoms. The Morgan fingerprint density at radius 1 is 1.11 bits per heavy atom. The van der Waals surface area contributed by atoms with Crippen molar-refractivity contribution in [2.75, 3.05) is 20.3 Å². The Kier molecular flexibility index (Phi) is 7.58. The van der Waals surface area contributed by atoms with Gasteiger partial charge >= 0.3 is 5.97 Å². The fraction of sp³-hybridized carbons (Fsp3) is 0.364. The Morgan fingerprint density at radius 2 is 1.75 bits per heavy atom. The van der Waals surface area contributed by atoms with E-state index in [9.17, 15) is 9.59 Å². The van der Waals surface area contributed by atoms with Gasteiger partial charge in [0.2, 0.25) is 5.91 Å². The molecule has 1 amide bonds. The van der Waals surface area contributed by atoms with Gasteiger partial charge in [-0.1, -0.05) is 42.5 Å². The monoisotopic (exact) mass is 384 g/mol. The molecule has 0 bridgehead atoms. The van der Waals surface area contributed by atoms with Crippen molar-refractivity contribution >= 4 is 11.9 Å². The summed E-state index contributed by atoms with van der Waals surface area (Å²) in [6.45, 7) is 4.30. The van der Waals surface area contributed by atoms with Crippen molar-refractivity contribution in [3.8, 4) is 5.75 Å². The van der Waals surface area contributed by atoms with Gasteiger partial charge in [0, 0.05) is 6.54 Å². The fourth-order valence-electron chi connectivity index (χ4n) is 2.89. The molecule has 6 nitrogen and oxygen atoms in total. The number of carbonyl (C=O) groups excluding carboxylic acids is 2. The van der Waals surface area contributed by atoms with E-state index in [4.69, 9.17) is 15.2 Å². The topological polar surface area (TPSA) is 90.6 Å². The number of nitrogens with one attached hydrogen (secondary N) is 1. The molecule has 6 heteroatoms. The number of methoxy groups -OCH3 is 1. The molecule has 0 aliphatic heterocycles. The van der Waals surface area contributed by atoms with E-state index in [1.165, 1.54) is 7.11 Å². The molecule has 2 unspecified atom stereocenters. The lowest BCUT2D eigenvalue weighted by atomic mass is 9.91. The summed E-state index contributed by atoms with van der Waals surface area (Å²) in [5.41, 5.74) is 6.69. The van der Waals surface area contributed by atoms with Gasteiger partial charge < -0.3 is 20.5 Å². The molecular weight excluding hydrogens is 356 g/mol. The molecule has 3 N–H and O–H groups in total. The first-order valence-corrected chi connectivity index (χ1v) is 9.30. The summed E-state index contributed by atoms with van der Waals surface area (Å²) in [4.78, 5) is 24.8. The minimum Gasteiger partial charge on any atom is -0.494 e. The molecule has 2 aromatic carbocycles. The number of benzene rings is 2. The first-order valence-electron chi connectivity index (χ1n) is 9.30. The van der Waals surface area contributed by atoms with Gasteiger partial charge in [-0.2, -0.15) is 0 Å². The molecule has 28 heavy (non-hydrogen) atoms. The quantitative estimate of drug-likeness (QED) is 0.648. The predicted molar refractivity (Wildman–Crippen MR) is 108 cm³/mol. The van der Waals surface area contributed by atoms with Crippen LogP contribution in [0.25, 0.3) is 0 Å². The molecule has 0 saturated heterocycles. The highest BCUT2D eigenvalue weighted by molar-refractivity contribution is 5.87. The highest BCUT2D eigenvalue weighted by Gasteiger charge is 2.31. The van der Waals surface area contributed by atoms with Crippen molar-refractivity contribution in [2.24, 2.45) is 11.7 Å². The van der Waals surface area contributed by atoms with E-state index in [0.29, 0.717) is 18.6 Å². The van der Waals surface area contributed by atoms with Gasteiger partial charge in [-0.25, -0.2) is 0 Å². The van der Waals surface area contributed by atoms with Crippen LogP contribution in [0.1, 0.15) is 25.0 Å². The van der Waals surface area contributed by atoms with E-state index in [2.05, 4.69) is 5.32 Å². The molecule has 0 aliphatic rings. The summed E-state index contributed by atoms with van der Waals surface area (Å²) in [6, 6.07) is 16.7. The third-order valence-electron chi connectivity index (χ3n) is 4.61. The zero-order valence-corrected chi connectivity index (χ0v) is 16.6. The summed E-state index contributed by atoms with van der Waals surface area (Å²) < 4.78 is 10.3. The lowest BCUT2D eigenvalue weighted by Crippen LogP contribution is -2.50. The molecular formula is C22H28N2O4. The number of rotatable bonds is 9. The van der Waals surface area contributed by atoms with E-state index in [-0.39, 0.29) is 18.4 Å². The van der Waals surface area contributed by atoms with Gasteiger partial charge in [0.25, 0.3) is 0 Å². The van der Waals surface area contributed by atoms with Crippen molar-refractivity contribution in [1.29, 1.82) is 0 Å². The van der Waals surface area contributed by atoms with Crippen LogP contribution in [0.5, 0.6) is 5.75 Å². The minimum absolute atomic E-state index is 0.137. The average molecular weight is 384 g/mol. The standard InChI is InChI=1S/C22H28N2O4/c1-4-28-19-12-10-16(11-13-19)14-17(20(25)27-3)15-24-21(26)22(2,23)18-8-6-5-7-9-18/h5-13,17H,4,14-15,23H2,1-3H3,(H,24,26). The smallest absolute Gasteiger partial charge is 0.310 e. The maximum absolute atomic E-state index is 12.6. The van der Waals surface area contributed by atoms with Crippen molar-refractivity contribution in [3.05, 3.63) is 65.7 Å². The zero-order valence-electron chi connectivity index (χ0n) is 16.6. The molecule has 0 heterocycles. The number of hydrogen-bond acceptors (Lipinski definition) is 5. The molecule has 2 aromatic rings. The molecule has 0 fully saturated rings. The largest absolute Gasteiger partial charge is 0.494 e. The first-order chi connectivity index (χ1) is 13.4. The van der Waals surface area contributed by atoms with Gasteiger partial charge in [0.05, 0.1) is 19.6 Å². The minimum atomic E-state index is -1.19. The van der Waals surface area contributed by atoms with Gasteiger partial charge in [-0.15, -0.1) is 0 Å². The highest BCUT2D eigenvalue weighted by atomic mass is 16.5. The summed E-state index contributed by atoms with van der Waals surface area (Å²) in [6.07, 6.45) is 0.436. The number of carbonyl (C=O) groups is 2. The van der Waals surface area contributed by atoms with Gasteiger partial charge in [-0.3, -0.25) is 9.59 Å².